The van der Waals surface area contributed by atoms with Gasteiger partial charge in [0.05, 0.1) is 108 Å². The molecule has 0 saturated carbocycles. The van der Waals surface area contributed by atoms with E-state index in [0.717, 1.165) is 42.0 Å². The molecule has 0 aliphatic heterocycles. The number of nitrogens with zero attached hydrogens (tertiary/aromatic N) is 3. The van der Waals surface area contributed by atoms with E-state index in [1.54, 1.807) is 63.2 Å². The van der Waals surface area contributed by atoms with Gasteiger partial charge in [-0.2, -0.15) is 0 Å². The van der Waals surface area contributed by atoms with Gasteiger partial charge in [-0.1, -0.05) is 35.9 Å². The summed E-state index contributed by atoms with van der Waals surface area (Å²) >= 11 is 5.20. The molecule has 0 atom stereocenters. The lowest BCUT2D eigenvalue weighted by Gasteiger charge is -2.16. The lowest BCUT2D eigenvalue weighted by molar-refractivity contribution is -0.385. The molecule has 0 aromatic heterocycles. The number of amides is 4. The molecule has 4 amide bonds. The number of carboxylic acid groups (broad SMARTS) is 2. The number of aryl methyl sites for hydroxylation is 1. The molecular formula is C85H84ClN9O28S. The van der Waals surface area contributed by atoms with Crippen LogP contribution in [0.25, 0.3) is 0 Å². The molecule has 0 unspecified atom stereocenters. The van der Waals surface area contributed by atoms with Crippen molar-refractivity contribution in [1.29, 1.82) is 0 Å². The minimum Gasteiger partial charge on any atom is -0.496 e. The zero-order valence-electron chi connectivity index (χ0n) is 68.3. The third kappa shape index (κ3) is 27.5. The van der Waals surface area contributed by atoms with Gasteiger partial charge in [-0.25, -0.2) is 13.2 Å². The second kappa shape index (κ2) is 46.8. The highest BCUT2D eigenvalue weighted by molar-refractivity contribution is 7.92. The normalized spacial score (nSPS) is 10.3. The summed E-state index contributed by atoms with van der Waals surface area (Å²) in [5.74, 6) is -6.23. The van der Waals surface area contributed by atoms with Gasteiger partial charge in [0.2, 0.25) is 5.78 Å². The van der Waals surface area contributed by atoms with Crippen LogP contribution in [0, 0.1) is 37.3 Å². The highest BCUT2D eigenvalue weighted by Crippen LogP contribution is 2.33. The molecule has 0 fully saturated rings. The monoisotopic (exact) mass is 1750 g/mol. The number of aromatic carboxylic acids is 1. The fourth-order valence-electron chi connectivity index (χ4n) is 11.2. The summed E-state index contributed by atoms with van der Waals surface area (Å²) in [4.78, 5) is 185. The van der Waals surface area contributed by atoms with Crippen molar-refractivity contribution in [3.05, 3.63) is 295 Å². The summed E-state index contributed by atoms with van der Waals surface area (Å²) in [6, 6.07) is 38.8. The number of aliphatic carboxylic acids is 1. The van der Waals surface area contributed by atoms with Crippen LogP contribution in [0.1, 0.15) is 177 Å². The van der Waals surface area contributed by atoms with Crippen LogP contribution in [0.15, 0.2) is 175 Å². The van der Waals surface area contributed by atoms with Crippen LogP contribution in [0.4, 0.5) is 28.4 Å². The molecule has 0 aliphatic carbocycles. The minimum atomic E-state index is -4.11. The predicted octanol–water partition coefficient (Wildman–Crippen LogP) is 10.9. The van der Waals surface area contributed by atoms with Crippen molar-refractivity contribution < 1.29 is 119 Å². The topological polar surface area (TPSA) is 558 Å². The highest BCUT2D eigenvalue weighted by atomic mass is 35.5. The van der Waals surface area contributed by atoms with Crippen molar-refractivity contribution in [1.82, 2.24) is 21.3 Å². The predicted molar refractivity (Wildman–Crippen MR) is 450 cm³/mol. The summed E-state index contributed by atoms with van der Waals surface area (Å²) < 4.78 is 53.7. The third-order valence-electron chi connectivity index (χ3n) is 17.2. The number of sulfonamides is 1. The van der Waals surface area contributed by atoms with Crippen LogP contribution >= 0.6 is 11.6 Å². The number of benzene rings is 9. The summed E-state index contributed by atoms with van der Waals surface area (Å²) in [6.45, 7) is 11.6. The summed E-state index contributed by atoms with van der Waals surface area (Å²) in [7, 11) is 2.62. The Morgan fingerprint density at radius 1 is 0.411 bits per heavy atom. The van der Waals surface area contributed by atoms with Crippen molar-refractivity contribution in [2.24, 2.45) is 0 Å². The average molecular weight is 1750 g/mol. The first-order valence-electron chi connectivity index (χ1n) is 36.7. The number of hydrogen-bond donors (Lipinski definition) is 8. The molecule has 0 radical (unpaired) electrons. The number of methoxy groups -OCH3 is 5. The van der Waals surface area contributed by atoms with E-state index >= 15 is 0 Å². The van der Waals surface area contributed by atoms with E-state index in [1.807, 2.05) is 13.8 Å². The van der Waals surface area contributed by atoms with Gasteiger partial charge in [-0.3, -0.25) is 92.6 Å². The van der Waals surface area contributed by atoms with Crippen LogP contribution in [0.2, 0.25) is 0 Å². The van der Waals surface area contributed by atoms with Crippen molar-refractivity contribution in [3.8, 4) is 17.2 Å². The third-order valence-corrected chi connectivity index (χ3v) is 18.8. The number of esters is 2. The van der Waals surface area contributed by atoms with Gasteiger partial charge >= 0.3 is 23.9 Å². The van der Waals surface area contributed by atoms with Crippen molar-refractivity contribution in [2.45, 2.75) is 65.7 Å². The van der Waals surface area contributed by atoms with Crippen molar-refractivity contribution in [2.75, 3.05) is 72.2 Å². The Morgan fingerprint density at radius 3 is 1.10 bits per heavy atom. The van der Waals surface area contributed by atoms with E-state index in [1.165, 1.54) is 133 Å². The van der Waals surface area contributed by atoms with Crippen LogP contribution in [0.5, 0.6) is 17.2 Å². The second-order valence-corrected chi connectivity index (χ2v) is 27.7. The van der Waals surface area contributed by atoms with Crippen LogP contribution in [-0.2, 0) is 53.1 Å². The maximum atomic E-state index is 13.6. The number of Topliss-reactive ketones (excluding diaryl/α,β-unsaturated/α-hetero) is 1. The molecule has 0 spiro atoms. The molecule has 39 heteroatoms. The van der Waals surface area contributed by atoms with Crippen molar-refractivity contribution in [3.63, 3.8) is 0 Å². The quantitative estimate of drug-likeness (QED) is 0.00485. The molecule has 124 heavy (non-hydrogen) atoms. The standard InChI is InChI=1S/C26H26N2O7S.C20H20N2O7.C20H22N2O5.C10H9ClN2O4.C9H7NO5/c1-4-27-26(32)18-8-11-20(22(15-18)28-36(33,34)19-9-5-16(2)6-10-19)25(31)21-13-17(14-24(29)30)7-12-23(21)35-3;1-4-21-20(25)13-6-7-14(16(11-13)22(26)27)19(24)15-9-12(10-18(23)29-3)5-8-17(15)28-2;1-4-22-20(25)13-6-7-14(16(21)11-13)19(24)15-9-12(10-18(23)27-3)5-8-17(15)26-2;1-2-12-10(15)6-3-4-7(9(11)14)8(5-6)13(16)17;1-5(11)7-3-2-6(9(12)13)4-8(7)10(14)15/h5-13,15,28H,4,14H2,1-3H3,(H,27,32)(H,29,30);5-9,11H,4,10H2,1-3H3,(H,21,25);5-9,11H,4,10,21H2,1-3H3,(H,22,25);3-5H,2H2,1H3,(H,12,15);2-4H,1H3,(H,12,13). The number of hydrogen-bond acceptors (Lipinski definition) is 27. The van der Waals surface area contributed by atoms with Gasteiger partial charge in [0.1, 0.15) is 28.4 Å². The Bertz CT molecular complexity index is 5760. The molecular weight excluding hydrogens is 1660 g/mol. The van der Waals surface area contributed by atoms with Crippen LogP contribution < -0.4 is 45.9 Å². The molecule has 0 saturated heterocycles. The molecule has 0 heterocycles. The Balaban J connectivity index is 0.000000284. The maximum Gasteiger partial charge on any atom is 0.335 e. The van der Waals surface area contributed by atoms with E-state index in [2.05, 4.69) is 35.5 Å². The van der Waals surface area contributed by atoms with E-state index in [4.69, 9.17) is 41.8 Å². The molecule has 9 N–H and O–H groups in total. The number of rotatable bonds is 32. The molecule has 650 valence electrons. The summed E-state index contributed by atoms with van der Waals surface area (Å²) in [5.41, 5.74) is 7.54. The second-order valence-electron chi connectivity index (χ2n) is 25.7. The highest BCUT2D eigenvalue weighted by Gasteiger charge is 2.30. The number of carbonyl (C=O) groups excluding carboxylic acids is 11. The Morgan fingerprint density at radius 2 is 0.742 bits per heavy atom. The first-order valence-corrected chi connectivity index (χ1v) is 38.6. The van der Waals surface area contributed by atoms with Gasteiger partial charge in [0, 0.05) is 83.4 Å². The molecule has 0 bridgehead atoms. The Labute approximate surface area is 713 Å². The number of anilines is 2. The number of carbonyl (C=O) groups is 13. The number of nitrogens with two attached hydrogens (primary N) is 1. The molecule has 9 rings (SSSR count). The Kier molecular flexibility index (Phi) is 37.4. The zero-order chi connectivity index (χ0) is 92.6. The van der Waals surface area contributed by atoms with Gasteiger partial charge < -0.3 is 60.9 Å². The molecule has 37 nitrogen and oxygen atoms in total. The number of nitro benzene ring substituents is 3. The van der Waals surface area contributed by atoms with E-state index in [-0.39, 0.29) is 125 Å². The number of ether oxygens (including phenoxy) is 5. The lowest BCUT2D eigenvalue weighted by atomic mass is 9.97. The largest absolute Gasteiger partial charge is 0.496 e. The van der Waals surface area contributed by atoms with E-state index in [9.17, 15) is 101 Å². The Hall–Kier alpha value is -15.5. The van der Waals surface area contributed by atoms with Crippen LogP contribution in [-0.4, -0.2) is 171 Å². The first-order chi connectivity index (χ1) is 58.7. The number of halogens is 1. The van der Waals surface area contributed by atoms with Gasteiger partial charge in [-0.15, -0.1) is 0 Å². The maximum absolute atomic E-state index is 13.6. The fourth-order valence-corrected chi connectivity index (χ4v) is 12.4. The zero-order valence-corrected chi connectivity index (χ0v) is 69.9. The number of nitrogen functional groups attached to an aromatic ring is 1. The number of nitro groups is 3. The average Bonchev–Trinajstić information content (AvgIpc) is 0.788. The van der Waals surface area contributed by atoms with Gasteiger partial charge in [0.25, 0.3) is 56.0 Å². The van der Waals surface area contributed by atoms with Gasteiger partial charge in [-0.05, 0) is 191 Å². The smallest absolute Gasteiger partial charge is 0.335 e. The summed E-state index contributed by atoms with van der Waals surface area (Å²) in [6.07, 6.45) is -0.349. The number of nitrogens with one attached hydrogen (secondary N) is 5. The molecule has 9 aromatic carbocycles. The fraction of sp³-hybridized carbons (Fsp3) is 0.212. The SMILES string of the molecule is CC(=O)c1ccc(C(=O)O)cc1[N+](=O)[O-].CCNC(=O)c1ccc(C(=O)Cl)c([N+](=O)[O-])c1.CCNC(=O)c1ccc(C(=O)c2cc(CC(=O)O)ccc2OC)c(NS(=O)(=O)c2ccc(C)cc2)c1.CCNC(=O)c1ccc(C(=O)c2cc(CC(=O)OC)ccc2OC)c(N)c1.CCNC(=O)c1ccc(C(=O)c2cc(CC(=O)OC)ccc2OC)c([N+](=O)[O-])c1. The van der Waals surface area contributed by atoms with Gasteiger partial charge in [0.15, 0.2) is 17.3 Å². The lowest BCUT2D eigenvalue weighted by Crippen LogP contribution is -2.23. The first kappa shape index (κ1) is 99.1. The molecule has 9 aromatic rings. The van der Waals surface area contributed by atoms with Crippen molar-refractivity contribution >= 4 is 126 Å². The minimum absolute atomic E-state index is 0.0176. The molecule has 0 aliphatic rings. The summed E-state index contributed by atoms with van der Waals surface area (Å²) in [5, 5.41) is 60.0. The number of carboxylic acids is 2. The van der Waals surface area contributed by atoms with E-state index < -0.39 is 106 Å². The van der Waals surface area contributed by atoms with Crippen LogP contribution in [0.3, 0.4) is 0 Å². The van der Waals surface area contributed by atoms with E-state index in [0.29, 0.717) is 54.2 Å². The number of ketones is 4.